The zero-order chi connectivity index (χ0) is 22.3. The number of rotatable bonds is 9. The van der Waals surface area contributed by atoms with Crippen molar-refractivity contribution in [3.8, 4) is 11.3 Å². The van der Waals surface area contributed by atoms with Gasteiger partial charge in [-0.25, -0.2) is 4.39 Å². The summed E-state index contributed by atoms with van der Waals surface area (Å²) in [4.78, 5) is 6.41. The van der Waals surface area contributed by atoms with Crippen LogP contribution in [0, 0.1) is 5.82 Å². The Morgan fingerprint density at radius 1 is 1.00 bits per heavy atom. The minimum atomic E-state index is -0.217. The van der Waals surface area contributed by atoms with Gasteiger partial charge < -0.3 is 10.2 Å². The molecule has 1 N–H and O–H groups in total. The molecule has 0 radical (unpaired) electrons. The van der Waals surface area contributed by atoms with Gasteiger partial charge in [-0.3, -0.25) is 9.67 Å². The minimum absolute atomic E-state index is 0.136. The zero-order valence-electron chi connectivity index (χ0n) is 18.4. The van der Waals surface area contributed by atoms with Crippen molar-refractivity contribution in [2.45, 2.75) is 19.1 Å². The molecule has 0 spiro atoms. The van der Waals surface area contributed by atoms with E-state index < -0.39 is 0 Å². The Kier molecular flexibility index (Phi) is 7.04. The average Bonchev–Trinajstić information content (AvgIpc) is 3.21. The molecule has 5 nitrogen and oxygen atoms in total. The fourth-order valence-corrected chi connectivity index (χ4v) is 3.82. The number of nitrogens with one attached hydrogen (secondary N) is 1. The van der Waals surface area contributed by atoms with E-state index >= 15 is 0 Å². The maximum atomic E-state index is 13.3. The van der Waals surface area contributed by atoms with Gasteiger partial charge in [-0.15, -0.1) is 0 Å². The van der Waals surface area contributed by atoms with Crippen LogP contribution < -0.4 is 5.32 Å². The van der Waals surface area contributed by atoms with E-state index in [9.17, 15) is 4.39 Å². The first-order chi connectivity index (χ1) is 15.6. The van der Waals surface area contributed by atoms with E-state index in [0.717, 1.165) is 28.9 Å². The second-order valence-electron chi connectivity index (χ2n) is 8.09. The Labute approximate surface area is 188 Å². The highest BCUT2D eigenvalue weighted by atomic mass is 19.1. The quantitative estimate of drug-likeness (QED) is 0.425. The van der Waals surface area contributed by atoms with Crippen molar-refractivity contribution in [1.29, 1.82) is 0 Å². The van der Waals surface area contributed by atoms with Gasteiger partial charge >= 0.3 is 0 Å². The number of likely N-dealkylation sites (N-methyl/N-ethyl adjacent to an activating group) is 1. The molecule has 1 unspecified atom stereocenters. The van der Waals surface area contributed by atoms with E-state index in [4.69, 9.17) is 5.10 Å². The van der Waals surface area contributed by atoms with Crippen molar-refractivity contribution in [2.75, 3.05) is 20.6 Å². The van der Waals surface area contributed by atoms with Gasteiger partial charge in [0.2, 0.25) is 0 Å². The lowest BCUT2D eigenvalue weighted by Crippen LogP contribution is -2.30. The van der Waals surface area contributed by atoms with E-state index in [1.165, 1.54) is 17.7 Å². The highest BCUT2D eigenvalue weighted by Crippen LogP contribution is 2.23. The molecule has 0 saturated carbocycles. The molecule has 0 fully saturated rings. The lowest BCUT2D eigenvalue weighted by atomic mass is 10.1. The SMILES string of the molecule is CN(C)C(CNCc1cn(Cc2ccccc2)nc1-c1cccnc1)c1ccc(F)cc1. The van der Waals surface area contributed by atoms with E-state index in [-0.39, 0.29) is 11.9 Å². The molecule has 0 amide bonds. The number of hydrogen-bond donors (Lipinski definition) is 1. The molecule has 0 saturated heterocycles. The monoisotopic (exact) mass is 429 g/mol. The van der Waals surface area contributed by atoms with Gasteiger partial charge in [0.1, 0.15) is 5.82 Å². The number of hydrogen-bond acceptors (Lipinski definition) is 4. The number of aromatic nitrogens is 3. The van der Waals surface area contributed by atoms with Crippen LogP contribution in [0.15, 0.2) is 85.3 Å². The predicted octanol–water partition coefficient (Wildman–Crippen LogP) is 4.53. The normalized spacial score (nSPS) is 12.2. The predicted molar refractivity (Wildman–Crippen MR) is 126 cm³/mol. The Bertz CT molecular complexity index is 1110. The van der Waals surface area contributed by atoms with Crippen LogP contribution in [0.25, 0.3) is 11.3 Å². The van der Waals surface area contributed by atoms with Crippen molar-refractivity contribution in [1.82, 2.24) is 25.0 Å². The number of pyridine rings is 1. The maximum absolute atomic E-state index is 13.3. The lowest BCUT2D eigenvalue weighted by molar-refractivity contribution is 0.288. The molecule has 0 bridgehead atoms. The van der Waals surface area contributed by atoms with Crippen LogP contribution in [0.5, 0.6) is 0 Å². The van der Waals surface area contributed by atoms with Gasteiger partial charge in [0.25, 0.3) is 0 Å². The van der Waals surface area contributed by atoms with Gasteiger partial charge in [0.05, 0.1) is 12.2 Å². The molecule has 1 atom stereocenters. The molecular formula is C26H28FN5. The summed E-state index contributed by atoms with van der Waals surface area (Å²) in [5.41, 5.74) is 5.33. The van der Waals surface area contributed by atoms with Gasteiger partial charge in [0, 0.05) is 48.8 Å². The maximum Gasteiger partial charge on any atom is 0.123 e. The fraction of sp³-hybridized carbons (Fsp3) is 0.231. The van der Waals surface area contributed by atoms with Crippen LogP contribution in [0.1, 0.15) is 22.7 Å². The van der Waals surface area contributed by atoms with E-state index in [1.807, 2.05) is 67.4 Å². The van der Waals surface area contributed by atoms with Crippen LogP contribution in [0.4, 0.5) is 4.39 Å². The van der Waals surface area contributed by atoms with Crippen molar-refractivity contribution in [3.63, 3.8) is 0 Å². The van der Waals surface area contributed by atoms with Crippen molar-refractivity contribution >= 4 is 0 Å². The molecule has 6 heteroatoms. The summed E-state index contributed by atoms with van der Waals surface area (Å²) in [6, 6.07) is 21.1. The first-order valence-electron chi connectivity index (χ1n) is 10.7. The molecule has 2 heterocycles. The van der Waals surface area contributed by atoms with Crippen LogP contribution in [-0.4, -0.2) is 40.3 Å². The van der Waals surface area contributed by atoms with E-state index in [2.05, 4.69) is 33.5 Å². The molecule has 0 aliphatic carbocycles. The summed E-state index contributed by atoms with van der Waals surface area (Å²) in [6.07, 6.45) is 5.72. The summed E-state index contributed by atoms with van der Waals surface area (Å²) in [6.45, 7) is 2.11. The van der Waals surface area contributed by atoms with Crippen LogP contribution in [0.2, 0.25) is 0 Å². The third kappa shape index (κ3) is 5.46. The van der Waals surface area contributed by atoms with Crippen molar-refractivity contribution in [3.05, 3.63) is 108 Å². The van der Waals surface area contributed by atoms with Crippen LogP contribution in [-0.2, 0) is 13.1 Å². The summed E-state index contributed by atoms with van der Waals surface area (Å²) in [5, 5.41) is 8.44. The molecule has 32 heavy (non-hydrogen) atoms. The Balaban J connectivity index is 1.51. The molecule has 4 rings (SSSR count). The standard InChI is InChI=1S/C26H28FN5/c1-31(2)25(21-10-12-24(27)13-11-21)17-29-16-23-19-32(18-20-7-4-3-5-8-20)30-26(23)22-9-6-14-28-15-22/h3-15,19,25,29H,16-18H2,1-2H3. The third-order valence-corrected chi connectivity index (χ3v) is 5.49. The molecular weight excluding hydrogens is 401 g/mol. The van der Waals surface area contributed by atoms with Gasteiger partial charge in [-0.05, 0) is 49.5 Å². The van der Waals surface area contributed by atoms with Gasteiger partial charge in [-0.1, -0.05) is 42.5 Å². The average molecular weight is 430 g/mol. The Hall–Kier alpha value is -3.35. The largest absolute Gasteiger partial charge is 0.311 e. The zero-order valence-corrected chi connectivity index (χ0v) is 18.4. The fourth-order valence-electron chi connectivity index (χ4n) is 3.82. The lowest BCUT2D eigenvalue weighted by Gasteiger charge is -2.25. The second kappa shape index (κ2) is 10.3. The number of nitrogens with zero attached hydrogens (tertiary/aromatic N) is 4. The van der Waals surface area contributed by atoms with Gasteiger partial charge in [-0.2, -0.15) is 5.10 Å². The van der Waals surface area contributed by atoms with E-state index in [1.54, 1.807) is 6.20 Å². The number of halogens is 1. The van der Waals surface area contributed by atoms with Gasteiger partial charge in [0.15, 0.2) is 0 Å². The second-order valence-corrected chi connectivity index (χ2v) is 8.09. The summed E-state index contributed by atoms with van der Waals surface area (Å²) >= 11 is 0. The molecule has 2 aromatic carbocycles. The molecule has 2 aromatic heterocycles. The summed E-state index contributed by atoms with van der Waals surface area (Å²) in [7, 11) is 4.07. The number of benzene rings is 2. The topological polar surface area (TPSA) is 46.0 Å². The van der Waals surface area contributed by atoms with Crippen LogP contribution in [0.3, 0.4) is 0 Å². The first-order valence-corrected chi connectivity index (χ1v) is 10.7. The Morgan fingerprint density at radius 2 is 1.78 bits per heavy atom. The summed E-state index contributed by atoms with van der Waals surface area (Å²) in [5.74, 6) is -0.217. The Morgan fingerprint density at radius 3 is 2.47 bits per heavy atom. The van der Waals surface area contributed by atoms with Crippen molar-refractivity contribution in [2.24, 2.45) is 0 Å². The first kappa shape index (κ1) is 21.9. The minimum Gasteiger partial charge on any atom is -0.311 e. The van der Waals surface area contributed by atoms with E-state index in [0.29, 0.717) is 13.1 Å². The smallest absolute Gasteiger partial charge is 0.123 e. The molecule has 0 aliphatic rings. The van der Waals surface area contributed by atoms with Crippen LogP contribution >= 0.6 is 0 Å². The summed E-state index contributed by atoms with van der Waals surface area (Å²) < 4.78 is 15.3. The highest BCUT2D eigenvalue weighted by Gasteiger charge is 2.16. The molecule has 0 aliphatic heterocycles. The van der Waals surface area contributed by atoms with Crippen molar-refractivity contribution < 1.29 is 4.39 Å². The highest BCUT2D eigenvalue weighted by molar-refractivity contribution is 5.61. The third-order valence-electron chi connectivity index (χ3n) is 5.49. The molecule has 164 valence electrons. The molecule has 4 aromatic rings.